The topological polar surface area (TPSA) is 39.2 Å². The summed E-state index contributed by atoms with van der Waals surface area (Å²) in [5.41, 5.74) is 0.529. The second-order valence-electron chi connectivity index (χ2n) is 2.77. The highest BCUT2D eigenvalue weighted by atomic mass is 35.5. The first kappa shape index (κ1) is 12.3. The monoisotopic (exact) mass is 245 g/mol. The Bertz CT molecular complexity index is 333. The van der Waals surface area contributed by atoms with E-state index >= 15 is 0 Å². The standard InChI is InChI=1S/C10H12ClNO2S/c1-14-10(13)8-3-5-12-9(7-8)15-6-2-4-11/h3,5,7H,2,4,6H2,1H3. The lowest BCUT2D eigenvalue weighted by molar-refractivity contribution is 0.0600. The van der Waals surface area contributed by atoms with Crippen LogP contribution in [-0.4, -0.2) is 29.7 Å². The number of nitrogens with zero attached hydrogens (tertiary/aromatic N) is 1. The van der Waals surface area contributed by atoms with Crippen molar-refractivity contribution in [3.05, 3.63) is 23.9 Å². The van der Waals surface area contributed by atoms with Gasteiger partial charge in [0.1, 0.15) is 0 Å². The number of carbonyl (C=O) groups is 1. The number of rotatable bonds is 5. The highest BCUT2D eigenvalue weighted by Crippen LogP contribution is 2.17. The average Bonchev–Trinajstić information content (AvgIpc) is 2.29. The Balaban J connectivity index is 2.62. The minimum atomic E-state index is -0.336. The number of carbonyl (C=O) groups excluding carboxylic acids is 1. The molecule has 0 radical (unpaired) electrons. The van der Waals surface area contributed by atoms with Crippen molar-refractivity contribution in [2.75, 3.05) is 18.7 Å². The van der Waals surface area contributed by atoms with Crippen LogP contribution in [0.25, 0.3) is 0 Å². The summed E-state index contributed by atoms with van der Waals surface area (Å²) in [7, 11) is 1.36. The Hall–Kier alpha value is -0.740. The van der Waals surface area contributed by atoms with Crippen LogP contribution < -0.4 is 0 Å². The normalized spacial score (nSPS) is 10.0. The van der Waals surface area contributed by atoms with Crippen molar-refractivity contribution < 1.29 is 9.53 Å². The summed E-state index contributed by atoms with van der Waals surface area (Å²) in [6.07, 6.45) is 2.53. The maximum absolute atomic E-state index is 11.2. The van der Waals surface area contributed by atoms with E-state index in [1.165, 1.54) is 7.11 Å². The van der Waals surface area contributed by atoms with Gasteiger partial charge in [0.2, 0.25) is 0 Å². The maximum atomic E-state index is 11.2. The zero-order valence-electron chi connectivity index (χ0n) is 8.40. The van der Waals surface area contributed by atoms with Crippen molar-refractivity contribution >= 4 is 29.3 Å². The summed E-state index contributed by atoms with van der Waals surface area (Å²) in [5, 5.41) is 0.822. The second kappa shape index (κ2) is 6.69. The number of hydrogen-bond acceptors (Lipinski definition) is 4. The molecule has 5 heteroatoms. The predicted octanol–water partition coefficient (Wildman–Crippen LogP) is 2.59. The van der Waals surface area contributed by atoms with Gasteiger partial charge in [0.05, 0.1) is 17.7 Å². The fourth-order valence-corrected chi connectivity index (χ4v) is 2.10. The van der Waals surface area contributed by atoms with E-state index in [2.05, 4.69) is 9.72 Å². The van der Waals surface area contributed by atoms with Crippen LogP contribution in [0.2, 0.25) is 0 Å². The number of halogens is 1. The molecule has 0 fully saturated rings. The van der Waals surface area contributed by atoms with Crippen molar-refractivity contribution in [3.8, 4) is 0 Å². The second-order valence-corrected chi connectivity index (χ2v) is 4.26. The van der Waals surface area contributed by atoms with Gasteiger partial charge in [-0.2, -0.15) is 0 Å². The Morgan fingerprint density at radius 2 is 2.47 bits per heavy atom. The van der Waals surface area contributed by atoms with Gasteiger partial charge in [-0.3, -0.25) is 0 Å². The van der Waals surface area contributed by atoms with E-state index in [4.69, 9.17) is 11.6 Å². The molecule has 0 atom stereocenters. The van der Waals surface area contributed by atoms with Crippen molar-refractivity contribution in [2.45, 2.75) is 11.4 Å². The molecule has 1 heterocycles. The zero-order chi connectivity index (χ0) is 11.1. The molecular weight excluding hydrogens is 234 g/mol. The number of aromatic nitrogens is 1. The summed E-state index contributed by atoms with van der Waals surface area (Å²) in [6.45, 7) is 0. The number of hydrogen-bond donors (Lipinski definition) is 0. The van der Waals surface area contributed by atoms with Crippen molar-refractivity contribution in [1.29, 1.82) is 0 Å². The third kappa shape index (κ3) is 4.10. The van der Waals surface area contributed by atoms with E-state index in [1.54, 1.807) is 30.1 Å². The minimum absolute atomic E-state index is 0.336. The Morgan fingerprint density at radius 1 is 1.67 bits per heavy atom. The van der Waals surface area contributed by atoms with E-state index in [9.17, 15) is 4.79 Å². The van der Waals surface area contributed by atoms with Crippen LogP contribution in [0.15, 0.2) is 23.4 Å². The minimum Gasteiger partial charge on any atom is -0.465 e. The lowest BCUT2D eigenvalue weighted by atomic mass is 10.3. The smallest absolute Gasteiger partial charge is 0.337 e. The number of alkyl halides is 1. The van der Waals surface area contributed by atoms with E-state index < -0.39 is 0 Å². The summed E-state index contributed by atoms with van der Waals surface area (Å²) >= 11 is 7.15. The maximum Gasteiger partial charge on any atom is 0.337 e. The van der Waals surface area contributed by atoms with Gasteiger partial charge in [-0.1, -0.05) is 0 Å². The molecule has 82 valence electrons. The number of ether oxygens (including phenoxy) is 1. The molecule has 0 aliphatic rings. The number of esters is 1. The Morgan fingerprint density at radius 3 is 3.13 bits per heavy atom. The zero-order valence-corrected chi connectivity index (χ0v) is 9.98. The third-order valence-electron chi connectivity index (χ3n) is 1.68. The fourth-order valence-electron chi connectivity index (χ4n) is 0.964. The molecule has 1 rings (SSSR count). The fraction of sp³-hybridized carbons (Fsp3) is 0.400. The van der Waals surface area contributed by atoms with Gasteiger partial charge in [0.15, 0.2) is 0 Å². The van der Waals surface area contributed by atoms with Gasteiger partial charge in [-0.25, -0.2) is 9.78 Å². The van der Waals surface area contributed by atoms with Crippen LogP contribution in [0.1, 0.15) is 16.8 Å². The van der Waals surface area contributed by atoms with Crippen molar-refractivity contribution in [1.82, 2.24) is 4.98 Å². The van der Waals surface area contributed by atoms with Crippen LogP contribution in [0.5, 0.6) is 0 Å². The Kier molecular flexibility index (Phi) is 5.50. The van der Waals surface area contributed by atoms with Crippen LogP contribution in [0.4, 0.5) is 0 Å². The number of pyridine rings is 1. The number of thioether (sulfide) groups is 1. The molecule has 0 saturated heterocycles. The summed E-state index contributed by atoms with van der Waals surface area (Å²) < 4.78 is 4.62. The molecule has 0 amide bonds. The van der Waals surface area contributed by atoms with Crippen LogP contribution in [0.3, 0.4) is 0 Å². The van der Waals surface area contributed by atoms with Gasteiger partial charge in [-0.15, -0.1) is 23.4 Å². The molecule has 0 bridgehead atoms. The summed E-state index contributed by atoms with van der Waals surface area (Å²) in [4.78, 5) is 15.4. The largest absolute Gasteiger partial charge is 0.465 e. The first-order chi connectivity index (χ1) is 7.27. The molecule has 0 aliphatic carbocycles. The summed E-state index contributed by atoms with van der Waals surface area (Å²) in [5.74, 6) is 1.21. The molecule has 0 spiro atoms. The van der Waals surface area contributed by atoms with Crippen LogP contribution >= 0.6 is 23.4 Å². The van der Waals surface area contributed by atoms with Gasteiger partial charge in [-0.05, 0) is 18.6 Å². The van der Waals surface area contributed by atoms with E-state index in [0.29, 0.717) is 11.4 Å². The van der Waals surface area contributed by atoms with Gasteiger partial charge in [0, 0.05) is 17.8 Å². The summed E-state index contributed by atoms with van der Waals surface area (Å²) in [6, 6.07) is 3.36. The van der Waals surface area contributed by atoms with Gasteiger partial charge >= 0.3 is 5.97 Å². The van der Waals surface area contributed by atoms with Gasteiger partial charge < -0.3 is 4.74 Å². The third-order valence-corrected chi connectivity index (χ3v) is 2.96. The van der Waals surface area contributed by atoms with Gasteiger partial charge in [0.25, 0.3) is 0 Å². The SMILES string of the molecule is COC(=O)c1ccnc(SCCCCl)c1. The molecule has 3 nitrogen and oxygen atoms in total. The molecular formula is C10H12ClNO2S. The molecule has 0 unspecified atom stereocenters. The van der Waals surface area contributed by atoms with Crippen LogP contribution in [-0.2, 0) is 4.74 Å². The molecule has 0 aliphatic heterocycles. The van der Waals surface area contributed by atoms with Crippen LogP contribution in [0, 0.1) is 0 Å². The highest BCUT2D eigenvalue weighted by molar-refractivity contribution is 7.99. The molecule has 1 aromatic rings. The van der Waals surface area contributed by atoms with Crippen molar-refractivity contribution in [2.24, 2.45) is 0 Å². The Labute approximate surface area is 98.2 Å². The molecule has 1 aromatic heterocycles. The highest BCUT2D eigenvalue weighted by Gasteiger charge is 2.06. The van der Waals surface area contributed by atoms with E-state index in [1.807, 2.05) is 0 Å². The molecule has 0 aromatic carbocycles. The molecule has 15 heavy (non-hydrogen) atoms. The van der Waals surface area contributed by atoms with E-state index in [0.717, 1.165) is 17.2 Å². The first-order valence-corrected chi connectivity index (χ1v) is 6.03. The lowest BCUT2D eigenvalue weighted by Gasteiger charge is -2.02. The lowest BCUT2D eigenvalue weighted by Crippen LogP contribution is -2.01. The van der Waals surface area contributed by atoms with Crippen molar-refractivity contribution in [3.63, 3.8) is 0 Å². The molecule has 0 saturated carbocycles. The first-order valence-electron chi connectivity index (χ1n) is 4.51. The average molecular weight is 246 g/mol. The number of methoxy groups -OCH3 is 1. The predicted molar refractivity (Wildman–Crippen MR) is 61.6 cm³/mol. The quantitative estimate of drug-likeness (QED) is 0.346. The molecule has 0 N–H and O–H groups in total. The van der Waals surface area contributed by atoms with E-state index in [-0.39, 0.29) is 5.97 Å².